The fourth-order valence-electron chi connectivity index (χ4n) is 3.59. The van der Waals surface area contributed by atoms with Gasteiger partial charge in [-0.15, -0.1) is 0 Å². The molecule has 0 aliphatic heterocycles. The molecule has 1 saturated carbocycles. The fourth-order valence-corrected chi connectivity index (χ4v) is 3.59. The lowest BCUT2D eigenvalue weighted by Crippen LogP contribution is -2.30. The van der Waals surface area contributed by atoms with Crippen LogP contribution in [0.1, 0.15) is 58.9 Å². The maximum absolute atomic E-state index is 12.3. The molecule has 0 aromatic heterocycles. The Morgan fingerprint density at radius 2 is 1.95 bits per heavy atom. The van der Waals surface area contributed by atoms with Crippen LogP contribution < -0.4 is 0 Å². The molecule has 2 heteroatoms. The summed E-state index contributed by atoms with van der Waals surface area (Å²) < 4.78 is 5.56. The molecular formula is C19H28O2. The largest absolute Gasteiger partial charge is 0.460 e. The van der Waals surface area contributed by atoms with Crippen molar-refractivity contribution in [2.24, 2.45) is 11.3 Å². The van der Waals surface area contributed by atoms with Crippen molar-refractivity contribution in [2.45, 2.75) is 65.4 Å². The van der Waals surface area contributed by atoms with E-state index in [4.69, 9.17) is 4.74 Å². The second-order valence-corrected chi connectivity index (χ2v) is 7.77. The van der Waals surface area contributed by atoms with Crippen LogP contribution in [-0.2, 0) is 16.0 Å². The van der Waals surface area contributed by atoms with Gasteiger partial charge in [0.2, 0.25) is 0 Å². The van der Waals surface area contributed by atoms with Gasteiger partial charge in [0.25, 0.3) is 0 Å². The highest BCUT2D eigenvalue weighted by Crippen LogP contribution is 2.47. The molecule has 1 aliphatic carbocycles. The van der Waals surface area contributed by atoms with E-state index in [0.29, 0.717) is 12.3 Å². The molecule has 0 amide bonds. The molecule has 0 heterocycles. The summed E-state index contributed by atoms with van der Waals surface area (Å²) in [6, 6.07) is 10.5. The van der Waals surface area contributed by atoms with Gasteiger partial charge in [0.1, 0.15) is 5.60 Å². The summed E-state index contributed by atoms with van der Waals surface area (Å²) >= 11 is 0. The van der Waals surface area contributed by atoms with Crippen molar-refractivity contribution in [1.29, 1.82) is 0 Å². The van der Waals surface area contributed by atoms with Crippen LogP contribution in [0.4, 0.5) is 0 Å². The van der Waals surface area contributed by atoms with E-state index >= 15 is 0 Å². The molecule has 0 N–H and O–H groups in total. The predicted molar refractivity (Wildman–Crippen MR) is 86.1 cm³/mol. The minimum atomic E-state index is -0.394. The predicted octanol–water partition coefficient (Wildman–Crippen LogP) is 4.77. The Bertz CT molecular complexity index is 472. The first-order valence-electron chi connectivity index (χ1n) is 8.04. The molecular weight excluding hydrogens is 260 g/mol. The van der Waals surface area contributed by atoms with Crippen molar-refractivity contribution in [2.75, 3.05) is 0 Å². The Morgan fingerprint density at radius 3 is 2.48 bits per heavy atom. The van der Waals surface area contributed by atoms with Crippen molar-refractivity contribution in [3.05, 3.63) is 35.9 Å². The van der Waals surface area contributed by atoms with E-state index in [0.717, 1.165) is 19.3 Å². The number of carbonyl (C=O) groups is 1. The van der Waals surface area contributed by atoms with Crippen LogP contribution in [0, 0.1) is 11.3 Å². The number of ether oxygens (including phenoxy) is 1. The maximum atomic E-state index is 12.3. The first-order chi connectivity index (χ1) is 9.78. The molecule has 1 aromatic rings. The fraction of sp³-hybridized carbons (Fsp3) is 0.632. The lowest BCUT2D eigenvalue weighted by Gasteiger charge is -2.30. The zero-order chi connectivity index (χ0) is 15.5. The van der Waals surface area contributed by atoms with Crippen molar-refractivity contribution in [3.8, 4) is 0 Å². The SMILES string of the molecule is C[C@@H]1CC[C@@](CC(=O)OC(C)(C)C)(Cc2ccccc2)C1. The van der Waals surface area contributed by atoms with Gasteiger partial charge in [0, 0.05) is 0 Å². The van der Waals surface area contributed by atoms with Gasteiger partial charge in [0.05, 0.1) is 6.42 Å². The molecule has 21 heavy (non-hydrogen) atoms. The van der Waals surface area contributed by atoms with Crippen molar-refractivity contribution in [1.82, 2.24) is 0 Å². The molecule has 1 aliphatic rings. The number of hydrogen-bond donors (Lipinski definition) is 0. The Morgan fingerprint density at radius 1 is 1.29 bits per heavy atom. The summed E-state index contributed by atoms with van der Waals surface area (Å²) in [5, 5.41) is 0. The highest BCUT2D eigenvalue weighted by molar-refractivity contribution is 5.71. The van der Waals surface area contributed by atoms with E-state index < -0.39 is 5.60 Å². The summed E-state index contributed by atoms with van der Waals surface area (Å²) in [4.78, 5) is 12.3. The van der Waals surface area contributed by atoms with Crippen LogP contribution in [0.15, 0.2) is 30.3 Å². The van der Waals surface area contributed by atoms with E-state index in [1.165, 1.54) is 12.0 Å². The molecule has 1 fully saturated rings. The monoisotopic (exact) mass is 288 g/mol. The quantitative estimate of drug-likeness (QED) is 0.746. The van der Waals surface area contributed by atoms with Crippen molar-refractivity contribution < 1.29 is 9.53 Å². The van der Waals surface area contributed by atoms with Gasteiger partial charge in [-0.3, -0.25) is 4.79 Å². The van der Waals surface area contributed by atoms with Crippen LogP contribution in [0.2, 0.25) is 0 Å². The van der Waals surface area contributed by atoms with Gasteiger partial charge >= 0.3 is 5.97 Å². The van der Waals surface area contributed by atoms with E-state index in [-0.39, 0.29) is 11.4 Å². The van der Waals surface area contributed by atoms with Crippen LogP contribution >= 0.6 is 0 Å². The first kappa shape index (κ1) is 16.1. The van der Waals surface area contributed by atoms with Crippen LogP contribution in [0.25, 0.3) is 0 Å². The summed E-state index contributed by atoms with van der Waals surface area (Å²) in [6.45, 7) is 8.10. The topological polar surface area (TPSA) is 26.3 Å². The third-order valence-electron chi connectivity index (χ3n) is 4.31. The van der Waals surface area contributed by atoms with Crippen molar-refractivity contribution in [3.63, 3.8) is 0 Å². The van der Waals surface area contributed by atoms with E-state index in [1.54, 1.807) is 0 Å². The first-order valence-corrected chi connectivity index (χ1v) is 8.04. The Kier molecular flexibility index (Phi) is 4.75. The third-order valence-corrected chi connectivity index (χ3v) is 4.31. The third kappa shape index (κ3) is 4.87. The molecule has 2 nitrogen and oxygen atoms in total. The standard InChI is InChI=1S/C19H28O2/c1-15-10-11-19(12-15,13-16-8-6-5-7-9-16)14-17(20)21-18(2,3)4/h5-9,15H,10-14H2,1-4H3/t15-,19+/m1/s1. The van der Waals surface area contributed by atoms with Gasteiger partial charge < -0.3 is 4.74 Å². The van der Waals surface area contributed by atoms with Crippen molar-refractivity contribution >= 4 is 5.97 Å². The van der Waals surface area contributed by atoms with E-state index in [1.807, 2.05) is 26.8 Å². The number of benzene rings is 1. The zero-order valence-corrected chi connectivity index (χ0v) is 13.8. The molecule has 116 valence electrons. The number of carbonyl (C=O) groups excluding carboxylic acids is 1. The molecule has 0 unspecified atom stereocenters. The number of esters is 1. The second-order valence-electron chi connectivity index (χ2n) is 7.77. The highest BCUT2D eigenvalue weighted by Gasteiger charge is 2.40. The molecule has 0 radical (unpaired) electrons. The molecule has 2 atom stereocenters. The van der Waals surface area contributed by atoms with Gasteiger partial charge in [-0.1, -0.05) is 43.7 Å². The lowest BCUT2D eigenvalue weighted by molar-refractivity contribution is -0.157. The number of rotatable bonds is 4. The average molecular weight is 288 g/mol. The Hall–Kier alpha value is -1.31. The minimum absolute atomic E-state index is 0.0486. The van der Waals surface area contributed by atoms with Gasteiger partial charge in [-0.25, -0.2) is 0 Å². The number of hydrogen-bond acceptors (Lipinski definition) is 2. The lowest BCUT2D eigenvalue weighted by atomic mass is 9.76. The van der Waals surface area contributed by atoms with Gasteiger partial charge in [-0.2, -0.15) is 0 Å². The molecule has 2 rings (SSSR count). The van der Waals surface area contributed by atoms with Gasteiger partial charge in [0.15, 0.2) is 0 Å². The average Bonchev–Trinajstić information content (AvgIpc) is 2.69. The second kappa shape index (κ2) is 6.21. The van der Waals surface area contributed by atoms with E-state index in [9.17, 15) is 4.79 Å². The molecule has 0 spiro atoms. The summed E-state index contributed by atoms with van der Waals surface area (Å²) in [5.41, 5.74) is 1.02. The smallest absolute Gasteiger partial charge is 0.306 e. The zero-order valence-electron chi connectivity index (χ0n) is 13.8. The molecule has 0 bridgehead atoms. The summed E-state index contributed by atoms with van der Waals surface area (Å²) in [7, 11) is 0. The van der Waals surface area contributed by atoms with Gasteiger partial charge in [-0.05, 0) is 56.9 Å². The highest BCUT2D eigenvalue weighted by atomic mass is 16.6. The normalized spacial score (nSPS) is 25.8. The maximum Gasteiger partial charge on any atom is 0.306 e. The summed E-state index contributed by atoms with van der Waals surface area (Å²) in [6.07, 6.45) is 5.00. The molecule has 1 aromatic carbocycles. The van der Waals surface area contributed by atoms with E-state index in [2.05, 4.69) is 31.2 Å². The van der Waals surface area contributed by atoms with Crippen LogP contribution in [0.3, 0.4) is 0 Å². The minimum Gasteiger partial charge on any atom is -0.460 e. The Balaban J connectivity index is 2.09. The summed E-state index contributed by atoms with van der Waals surface area (Å²) in [5.74, 6) is 0.656. The Labute approximate surface area is 128 Å². The van der Waals surface area contributed by atoms with Crippen LogP contribution in [-0.4, -0.2) is 11.6 Å². The molecule has 0 saturated heterocycles. The van der Waals surface area contributed by atoms with Crippen LogP contribution in [0.5, 0.6) is 0 Å².